The monoisotopic (exact) mass is 248 g/mol. The van der Waals surface area contributed by atoms with Crippen molar-refractivity contribution in [1.82, 2.24) is 4.90 Å². The Morgan fingerprint density at radius 1 is 1.28 bits per heavy atom. The number of benzene rings is 1. The van der Waals surface area contributed by atoms with Crippen LogP contribution in [-0.2, 0) is 4.79 Å². The van der Waals surface area contributed by atoms with Crippen molar-refractivity contribution in [2.75, 3.05) is 25.5 Å². The molecule has 0 unspecified atom stereocenters. The minimum atomic E-state index is -0.0606. The maximum Gasteiger partial charge on any atom is 0.241 e. The lowest BCUT2D eigenvalue weighted by atomic mass is 10.2. The minimum Gasteiger partial charge on any atom is -0.497 e. The van der Waals surface area contributed by atoms with E-state index in [4.69, 9.17) is 4.74 Å². The lowest BCUT2D eigenvalue weighted by Crippen LogP contribution is -2.40. The quantitative estimate of drug-likeness (QED) is 0.887. The van der Waals surface area contributed by atoms with Crippen LogP contribution in [0.4, 0.5) is 5.69 Å². The lowest BCUT2D eigenvalue weighted by molar-refractivity contribution is -0.120. The minimum absolute atomic E-state index is 0.0575. The Kier molecular flexibility index (Phi) is 4.20. The Bertz CT molecular complexity index is 397. The largest absolute Gasteiger partial charge is 0.497 e. The van der Waals surface area contributed by atoms with E-state index in [1.807, 2.05) is 31.2 Å². The highest BCUT2D eigenvalue weighted by Gasteiger charge is 2.23. The second-order valence-corrected chi connectivity index (χ2v) is 4.64. The number of methoxy groups -OCH3 is 1. The first kappa shape index (κ1) is 12.9. The van der Waals surface area contributed by atoms with Crippen LogP contribution in [-0.4, -0.2) is 37.0 Å². The maximum absolute atomic E-state index is 12.1. The second kappa shape index (κ2) is 5.87. The molecule has 1 saturated heterocycles. The van der Waals surface area contributed by atoms with Crippen molar-refractivity contribution in [3.05, 3.63) is 24.3 Å². The van der Waals surface area contributed by atoms with Gasteiger partial charge in [0.15, 0.2) is 0 Å². The van der Waals surface area contributed by atoms with Crippen LogP contribution in [0.3, 0.4) is 0 Å². The van der Waals surface area contributed by atoms with Crippen molar-refractivity contribution in [1.29, 1.82) is 0 Å². The van der Waals surface area contributed by atoms with Crippen LogP contribution in [0.2, 0.25) is 0 Å². The summed E-state index contributed by atoms with van der Waals surface area (Å²) in [5.41, 5.74) is 0.812. The Morgan fingerprint density at radius 3 is 2.44 bits per heavy atom. The van der Waals surface area contributed by atoms with E-state index < -0.39 is 0 Å². The van der Waals surface area contributed by atoms with Crippen LogP contribution in [0.25, 0.3) is 0 Å². The van der Waals surface area contributed by atoms with E-state index in [1.165, 1.54) is 12.8 Å². The van der Waals surface area contributed by atoms with Crippen molar-refractivity contribution in [2.45, 2.75) is 25.8 Å². The third-order valence-electron chi connectivity index (χ3n) is 3.43. The summed E-state index contributed by atoms with van der Waals surface area (Å²) in [7, 11) is 1.63. The Labute approximate surface area is 108 Å². The molecule has 98 valence electrons. The van der Waals surface area contributed by atoms with Gasteiger partial charge < -0.3 is 10.1 Å². The van der Waals surface area contributed by atoms with Crippen molar-refractivity contribution >= 4 is 11.6 Å². The Morgan fingerprint density at radius 2 is 1.89 bits per heavy atom. The molecule has 1 aliphatic rings. The summed E-state index contributed by atoms with van der Waals surface area (Å²) in [4.78, 5) is 14.3. The molecular formula is C14H20N2O2. The van der Waals surface area contributed by atoms with Crippen LogP contribution < -0.4 is 10.1 Å². The summed E-state index contributed by atoms with van der Waals surface area (Å²) >= 11 is 0. The topological polar surface area (TPSA) is 41.6 Å². The van der Waals surface area contributed by atoms with Gasteiger partial charge in [-0.3, -0.25) is 9.69 Å². The molecule has 1 aliphatic heterocycles. The number of rotatable bonds is 4. The molecule has 1 aromatic rings. The van der Waals surface area contributed by atoms with Crippen LogP contribution in [0.1, 0.15) is 19.8 Å². The van der Waals surface area contributed by atoms with E-state index in [9.17, 15) is 4.79 Å². The summed E-state index contributed by atoms with van der Waals surface area (Å²) in [5.74, 6) is 0.850. The molecule has 0 radical (unpaired) electrons. The fraction of sp³-hybridized carbons (Fsp3) is 0.500. The molecule has 1 aromatic carbocycles. The zero-order valence-electron chi connectivity index (χ0n) is 11.0. The fourth-order valence-corrected chi connectivity index (χ4v) is 2.22. The van der Waals surface area contributed by atoms with Gasteiger partial charge in [0.05, 0.1) is 13.2 Å². The van der Waals surface area contributed by atoms with E-state index in [2.05, 4.69) is 10.2 Å². The van der Waals surface area contributed by atoms with Gasteiger partial charge in [0, 0.05) is 5.69 Å². The number of hydrogen-bond acceptors (Lipinski definition) is 3. The summed E-state index contributed by atoms with van der Waals surface area (Å²) in [6.45, 7) is 4.01. The van der Waals surface area contributed by atoms with Crippen molar-refractivity contribution in [2.24, 2.45) is 0 Å². The number of ether oxygens (including phenoxy) is 1. The van der Waals surface area contributed by atoms with Gasteiger partial charge in [0.1, 0.15) is 5.75 Å². The summed E-state index contributed by atoms with van der Waals surface area (Å²) in [5, 5.41) is 2.93. The lowest BCUT2D eigenvalue weighted by Gasteiger charge is -2.22. The van der Waals surface area contributed by atoms with E-state index in [-0.39, 0.29) is 11.9 Å². The summed E-state index contributed by atoms with van der Waals surface area (Å²) < 4.78 is 5.08. The number of hydrogen-bond donors (Lipinski definition) is 1. The van der Waals surface area contributed by atoms with Gasteiger partial charge in [-0.15, -0.1) is 0 Å². The fourth-order valence-electron chi connectivity index (χ4n) is 2.22. The zero-order chi connectivity index (χ0) is 13.0. The van der Waals surface area contributed by atoms with Gasteiger partial charge in [-0.05, 0) is 57.1 Å². The highest BCUT2D eigenvalue weighted by atomic mass is 16.5. The first-order chi connectivity index (χ1) is 8.70. The van der Waals surface area contributed by atoms with Gasteiger partial charge in [0.25, 0.3) is 0 Å². The molecule has 0 spiro atoms. The maximum atomic E-state index is 12.1. The number of amides is 1. The molecule has 0 bridgehead atoms. The normalized spacial score (nSPS) is 17.4. The third kappa shape index (κ3) is 3.01. The molecule has 1 heterocycles. The highest BCUT2D eigenvalue weighted by Crippen LogP contribution is 2.17. The van der Waals surface area contributed by atoms with Gasteiger partial charge in [-0.25, -0.2) is 0 Å². The first-order valence-corrected chi connectivity index (χ1v) is 6.39. The van der Waals surface area contributed by atoms with E-state index >= 15 is 0 Å². The Hall–Kier alpha value is -1.55. The number of carbonyl (C=O) groups is 1. The standard InChI is InChI=1S/C14H20N2O2/c1-11(16-9-3-4-10-16)14(17)15-12-5-7-13(18-2)8-6-12/h5-8,11H,3-4,9-10H2,1-2H3,(H,15,17)/t11-/m1/s1. The smallest absolute Gasteiger partial charge is 0.241 e. The van der Waals surface area contributed by atoms with Crippen LogP contribution >= 0.6 is 0 Å². The third-order valence-corrected chi connectivity index (χ3v) is 3.43. The molecule has 1 amide bonds. The summed E-state index contributed by atoms with van der Waals surface area (Å²) in [6.07, 6.45) is 2.39. The highest BCUT2D eigenvalue weighted by molar-refractivity contribution is 5.94. The predicted molar refractivity (Wildman–Crippen MR) is 71.9 cm³/mol. The molecule has 4 heteroatoms. The molecule has 0 saturated carbocycles. The van der Waals surface area contributed by atoms with Gasteiger partial charge in [0.2, 0.25) is 5.91 Å². The molecule has 1 fully saturated rings. The van der Waals surface area contributed by atoms with Gasteiger partial charge in [-0.1, -0.05) is 0 Å². The van der Waals surface area contributed by atoms with Crippen molar-refractivity contribution in [3.63, 3.8) is 0 Å². The predicted octanol–water partition coefficient (Wildman–Crippen LogP) is 2.12. The molecule has 1 atom stereocenters. The van der Waals surface area contributed by atoms with Crippen LogP contribution in [0.15, 0.2) is 24.3 Å². The molecule has 2 rings (SSSR count). The van der Waals surface area contributed by atoms with E-state index in [0.717, 1.165) is 24.5 Å². The first-order valence-electron chi connectivity index (χ1n) is 6.39. The van der Waals surface area contributed by atoms with Crippen molar-refractivity contribution < 1.29 is 9.53 Å². The Balaban J connectivity index is 1.93. The zero-order valence-corrected chi connectivity index (χ0v) is 11.0. The molecule has 0 aromatic heterocycles. The SMILES string of the molecule is COc1ccc(NC(=O)[C@@H](C)N2CCCC2)cc1. The van der Waals surface area contributed by atoms with Crippen molar-refractivity contribution in [3.8, 4) is 5.75 Å². The molecule has 4 nitrogen and oxygen atoms in total. The number of nitrogens with one attached hydrogen (secondary N) is 1. The van der Waals surface area contributed by atoms with Gasteiger partial charge >= 0.3 is 0 Å². The average Bonchev–Trinajstić information content (AvgIpc) is 2.92. The molecule has 0 aliphatic carbocycles. The second-order valence-electron chi connectivity index (χ2n) is 4.64. The number of anilines is 1. The number of likely N-dealkylation sites (tertiary alicyclic amines) is 1. The van der Waals surface area contributed by atoms with E-state index in [0.29, 0.717) is 0 Å². The summed E-state index contributed by atoms with van der Waals surface area (Å²) in [6, 6.07) is 7.34. The molecule has 1 N–H and O–H groups in total. The van der Waals surface area contributed by atoms with E-state index in [1.54, 1.807) is 7.11 Å². The van der Waals surface area contributed by atoms with Crippen LogP contribution in [0.5, 0.6) is 5.75 Å². The number of carbonyl (C=O) groups excluding carboxylic acids is 1. The van der Waals surface area contributed by atoms with Gasteiger partial charge in [-0.2, -0.15) is 0 Å². The average molecular weight is 248 g/mol. The van der Waals surface area contributed by atoms with Crippen LogP contribution in [0, 0.1) is 0 Å². The molecule has 18 heavy (non-hydrogen) atoms. The number of nitrogens with zero attached hydrogens (tertiary/aromatic N) is 1. The molecular weight excluding hydrogens is 228 g/mol.